The van der Waals surface area contributed by atoms with Crippen LogP contribution in [0.5, 0.6) is 11.5 Å². The third-order valence-electron chi connectivity index (χ3n) is 3.30. The zero-order valence-electron chi connectivity index (χ0n) is 14.6. The van der Waals surface area contributed by atoms with Gasteiger partial charge in [0.15, 0.2) is 18.1 Å². The van der Waals surface area contributed by atoms with E-state index in [0.29, 0.717) is 22.0 Å². The van der Waals surface area contributed by atoms with Crippen molar-refractivity contribution in [3.05, 3.63) is 28.7 Å². The fourth-order valence-corrected chi connectivity index (χ4v) is 3.41. The second kappa shape index (κ2) is 9.38. The Bertz CT molecular complexity index is 806. The lowest BCUT2D eigenvalue weighted by molar-refractivity contribution is -0.145. The summed E-state index contributed by atoms with van der Waals surface area (Å²) in [7, 11) is 1.46. The highest BCUT2D eigenvalue weighted by Gasteiger charge is 2.33. The highest BCUT2D eigenvalue weighted by atomic mass is 32.2. The maximum Gasteiger partial charge on any atom is 0.344 e. The van der Waals surface area contributed by atoms with Gasteiger partial charge in [0.1, 0.15) is 10.9 Å². The van der Waals surface area contributed by atoms with Gasteiger partial charge in [-0.25, -0.2) is 4.79 Å². The van der Waals surface area contributed by atoms with E-state index >= 15 is 0 Å². The molecular weight excluding hydrogens is 394 g/mol. The van der Waals surface area contributed by atoms with Crippen LogP contribution in [-0.2, 0) is 19.1 Å². The van der Waals surface area contributed by atoms with Crippen molar-refractivity contribution in [2.24, 2.45) is 0 Å². The lowest BCUT2D eigenvalue weighted by Crippen LogP contribution is -2.33. The van der Waals surface area contributed by atoms with Crippen molar-refractivity contribution in [2.45, 2.75) is 6.92 Å². The quantitative estimate of drug-likeness (QED) is 0.390. The smallest absolute Gasteiger partial charge is 0.344 e. The number of carbonyl (C=O) groups is 3. The molecule has 0 saturated carbocycles. The first-order valence-corrected chi connectivity index (χ1v) is 9.01. The molecule has 10 heteroatoms. The summed E-state index contributed by atoms with van der Waals surface area (Å²) in [6.07, 6.45) is 1.57. The first-order chi connectivity index (χ1) is 12.8. The summed E-state index contributed by atoms with van der Waals surface area (Å²) in [6.45, 7) is 1.17. The molecule has 0 unspecified atom stereocenters. The molecular formula is C17H17NO7S2. The van der Waals surface area contributed by atoms with Crippen LogP contribution in [0.15, 0.2) is 23.1 Å². The first-order valence-electron chi connectivity index (χ1n) is 7.79. The summed E-state index contributed by atoms with van der Waals surface area (Å²) in [4.78, 5) is 36.0. The SMILES string of the molecule is CCOC(=O)COc1cc(/C=C2/SC(=S)N(CC(=O)O)C2=O)ccc1OC. The summed E-state index contributed by atoms with van der Waals surface area (Å²) in [6, 6.07) is 4.92. The molecule has 0 aromatic heterocycles. The number of nitrogens with zero attached hydrogens (tertiary/aromatic N) is 1. The van der Waals surface area contributed by atoms with Crippen LogP contribution in [0.3, 0.4) is 0 Å². The zero-order chi connectivity index (χ0) is 20.0. The van der Waals surface area contributed by atoms with E-state index in [4.69, 9.17) is 31.5 Å². The summed E-state index contributed by atoms with van der Waals surface area (Å²) in [5.74, 6) is -1.42. The molecule has 1 aliphatic heterocycles. The molecule has 1 aliphatic rings. The number of thiocarbonyl (C=S) groups is 1. The van der Waals surface area contributed by atoms with Crippen molar-refractivity contribution in [1.82, 2.24) is 4.90 Å². The molecule has 8 nitrogen and oxygen atoms in total. The van der Waals surface area contributed by atoms with Gasteiger partial charge >= 0.3 is 11.9 Å². The number of carbonyl (C=O) groups excluding carboxylic acids is 2. The molecule has 1 N–H and O–H groups in total. The average molecular weight is 411 g/mol. The summed E-state index contributed by atoms with van der Waals surface area (Å²) in [5, 5.41) is 8.87. The zero-order valence-corrected chi connectivity index (χ0v) is 16.2. The van der Waals surface area contributed by atoms with Gasteiger partial charge in [-0.3, -0.25) is 14.5 Å². The van der Waals surface area contributed by atoms with Crippen LogP contribution in [0.25, 0.3) is 6.08 Å². The van der Waals surface area contributed by atoms with Crippen LogP contribution in [0.1, 0.15) is 12.5 Å². The Morgan fingerprint density at radius 1 is 1.33 bits per heavy atom. The van der Waals surface area contributed by atoms with Gasteiger partial charge in [-0.2, -0.15) is 0 Å². The predicted octanol–water partition coefficient (Wildman–Crippen LogP) is 1.92. The largest absolute Gasteiger partial charge is 0.493 e. The second-order valence-corrected chi connectivity index (χ2v) is 6.84. The number of rotatable bonds is 8. The first kappa shape index (κ1) is 20.7. The van der Waals surface area contributed by atoms with Crippen molar-refractivity contribution in [3.8, 4) is 11.5 Å². The van der Waals surface area contributed by atoms with Crippen LogP contribution < -0.4 is 9.47 Å². The minimum absolute atomic E-state index is 0.181. The van der Waals surface area contributed by atoms with Crippen LogP contribution in [0.2, 0.25) is 0 Å². The van der Waals surface area contributed by atoms with Gasteiger partial charge in [-0.05, 0) is 30.7 Å². The number of carboxylic acid groups (broad SMARTS) is 1. The van der Waals surface area contributed by atoms with E-state index in [1.165, 1.54) is 7.11 Å². The van der Waals surface area contributed by atoms with Gasteiger partial charge in [-0.1, -0.05) is 30.0 Å². The molecule has 1 aromatic carbocycles. The van der Waals surface area contributed by atoms with Gasteiger partial charge in [0.2, 0.25) is 0 Å². The van der Waals surface area contributed by atoms with E-state index in [-0.39, 0.29) is 17.5 Å². The van der Waals surface area contributed by atoms with Gasteiger partial charge < -0.3 is 19.3 Å². The Kier molecular flexibility index (Phi) is 7.19. The number of hydrogen-bond acceptors (Lipinski definition) is 8. The lowest BCUT2D eigenvalue weighted by atomic mass is 10.2. The van der Waals surface area contributed by atoms with Crippen molar-refractivity contribution < 1.29 is 33.7 Å². The number of methoxy groups -OCH3 is 1. The molecule has 2 rings (SSSR count). The molecule has 1 aromatic rings. The Morgan fingerprint density at radius 2 is 2.07 bits per heavy atom. The monoisotopic (exact) mass is 411 g/mol. The Labute approximate surface area is 165 Å². The number of amides is 1. The maximum absolute atomic E-state index is 12.3. The number of hydrogen-bond donors (Lipinski definition) is 1. The fourth-order valence-electron chi connectivity index (χ4n) is 2.16. The van der Waals surface area contributed by atoms with E-state index < -0.39 is 24.4 Å². The highest BCUT2D eigenvalue weighted by molar-refractivity contribution is 8.26. The molecule has 1 amide bonds. The van der Waals surface area contributed by atoms with Gasteiger partial charge in [0.05, 0.1) is 18.6 Å². The van der Waals surface area contributed by atoms with Gasteiger partial charge in [-0.15, -0.1) is 0 Å². The Hall–Kier alpha value is -2.59. The number of carboxylic acids is 1. The van der Waals surface area contributed by atoms with Crippen LogP contribution in [-0.4, -0.2) is 59.0 Å². The normalized spacial score (nSPS) is 15.2. The Balaban J connectivity index is 2.21. The molecule has 0 spiro atoms. The molecule has 0 radical (unpaired) electrons. The molecule has 0 atom stereocenters. The van der Waals surface area contributed by atoms with Crippen molar-refractivity contribution in [1.29, 1.82) is 0 Å². The Morgan fingerprint density at radius 3 is 2.70 bits per heavy atom. The van der Waals surface area contributed by atoms with Gasteiger partial charge in [0, 0.05) is 0 Å². The molecule has 1 fully saturated rings. The predicted molar refractivity (Wildman–Crippen MR) is 103 cm³/mol. The third-order valence-corrected chi connectivity index (χ3v) is 4.68. The molecule has 0 aliphatic carbocycles. The molecule has 1 saturated heterocycles. The van der Waals surface area contributed by atoms with Crippen LogP contribution in [0, 0.1) is 0 Å². The number of benzene rings is 1. The van der Waals surface area contributed by atoms with Crippen LogP contribution >= 0.6 is 24.0 Å². The van der Waals surface area contributed by atoms with E-state index in [1.54, 1.807) is 31.2 Å². The van der Waals surface area contributed by atoms with E-state index in [9.17, 15) is 14.4 Å². The average Bonchev–Trinajstić information content (AvgIpc) is 2.87. The topological polar surface area (TPSA) is 102 Å². The summed E-state index contributed by atoms with van der Waals surface area (Å²) >= 11 is 6.08. The minimum Gasteiger partial charge on any atom is -0.493 e. The number of aliphatic carboxylic acids is 1. The third kappa shape index (κ3) is 5.44. The number of esters is 1. The van der Waals surface area contributed by atoms with E-state index in [0.717, 1.165) is 16.7 Å². The fraction of sp³-hybridized carbons (Fsp3) is 0.294. The van der Waals surface area contributed by atoms with Crippen molar-refractivity contribution in [3.63, 3.8) is 0 Å². The molecule has 1 heterocycles. The standard InChI is InChI=1S/C17H17NO7S2/c1-3-24-15(21)9-25-12-6-10(4-5-11(12)23-2)7-13-16(22)18(8-14(19)20)17(26)27-13/h4-7H,3,8-9H2,1-2H3,(H,19,20)/b13-7+. The number of ether oxygens (including phenoxy) is 3. The molecule has 0 bridgehead atoms. The second-order valence-electron chi connectivity index (χ2n) is 5.17. The maximum atomic E-state index is 12.3. The summed E-state index contributed by atoms with van der Waals surface area (Å²) in [5.41, 5.74) is 0.602. The highest BCUT2D eigenvalue weighted by Crippen LogP contribution is 2.34. The number of thioether (sulfide) groups is 1. The van der Waals surface area contributed by atoms with E-state index in [1.807, 2.05) is 0 Å². The van der Waals surface area contributed by atoms with Crippen molar-refractivity contribution >= 4 is 52.2 Å². The van der Waals surface area contributed by atoms with Gasteiger partial charge in [0.25, 0.3) is 5.91 Å². The summed E-state index contributed by atoms with van der Waals surface area (Å²) < 4.78 is 15.6. The van der Waals surface area contributed by atoms with Crippen LogP contribution in [0.4, 0.5) is 0 Å². The lowest BCUT2D eigenvalue weighted by Gasteiger charge is -2.11. The molecule has 27 heavy (non-hydrogen) atoms. The van der Waals surface area contributed by atoms with Crippen molar-refractivity contribution in [2.75, 3.05) is 26.9 Å². The minimum atomic E-state index is -1.15. The molecule has 144 valence electrons. The van der Waals surface area contributed by atoms with E-state index in [2.05, 4.69) is 0 Å².